The summed E-state index contributed by atoms with van der Waals surface area (Å²) in [6.07, 6.45) is 0.642. The van der Waals surface area contributed by atoms with Crippen molar-refractivity contribution >= 4 is 22.7 Å². The van der Waals surface area contributed by atoms with Crippen LogP contribution in [0, 0.1) is 5.82 Å². The van der Waals surface area contributed by atoms with E-state index in [4.69, 9.17) is 0 Å². The molecule has 104 valence electrons. The summed E-state index contributed by atoms with van der Waals surface area (Å²) in [6, 6.07) is 2.39. The molecule has 1 aliphatic heterocycles. The van der Waals surface area contributed by atoms with Gasteiger partial charge in [0.05, 0.1) is 11.1 Å². The van der Waals surface area contributed by atoms with Gasteiger partial charge in [0.1, 0.15) is 17.1 Å². The van der Waals surface area contributed by atoms with Gasteiger partial charge in [0.2, 0.25) is 0 Å². The maximum Gasteiger partial charge on any atom is 0.257 e. The minimum atomic E-state index is -0.613. The van der Waals surface area contributed by atoms with E-state index in [9.17, 15) is 14.0 Å². The third-order valence-electron chi connectivity index (χ3n) is 3.59. The van der Waals surface area contributed by atoms with Crippen molar-refractivity contribution in [3.63, 3.8) is 0 Å². The molecule has 6 nitrogen and oxygen atoms in total. The molecule has 1 N–H and O–H groups in total. The highest BCUT2D eigenvalue weighted by atomic mass is 19.1. The van der Waals surface area contributed by atoms with Crippen LogP contribution in [-0.2, 0) is 4.79 Å². The number of halogens is 1. The number of rotatable bonds is 1. The Balaban J connectivity index is 1.95. The van der Waals surface area contributed by atoms with E-state index in [1.165, 1.54) is 17.0 Å². The maximum atomic E-state index is 14.0. The number of carbonyl (C=O) groups excluding carboxylic acids is 2. The van der Waals surface area contributed by atoms with Crippen molar-refractivity contribution in [2.75, 3.05) is 6.54 Å². The Bertz CT molecular complexity index is 697. The summed E-state index contributed by atoms with van der Waals surface area (Å²) in [6.45, 7) is 2.12. The summed E-state index contributed by atoms with van der Waals surface area (Å²) in [5.74, 6) is -0.890. The normalized spacial score (nSPS) is 19.6. The van der Waals surface area contributed by atoms with Crippen molar-refractivity contribution in [1.82, 2.24) is 20.3 Å². The number of likely N-dealkylation sites (tertiary alicyclic amines) is 1. The Morgan fingerprint density at radius 1 is 1.50 bits per heavy atom. The first-order valence-corrected chi connectivity index (χ1v) is 6.39. The van der Waals surface area contributed by atoms with Crippen molar-refractivity contribution in [2.24, 2.45) is 0 Å². The van der Waals surface area contributed by atoms with Crippen LogP contribution >= 0.6 is 0 Å². The van der Waals surface area contributed by atoms with Crippen LogP contribution in [0.4, 0.5) is 4.39 Å². The highest BCUT2D eigenvalue weighted by molar-refractivity contribution is 5.98. The van der Waals surface area contributed by atoms with Gasteiger partial charge in [0, 0.05) is 31.5 Å². The Labute approximate surface area is 113 Å². The summed E-state index contributed by atoms with van der Waals surface area (Å²) in [4.78, 5) is 25.3. The number of amides is 1. The van der Waals surface area contributed by atoms with Gasteiger partial charge in [-0.3, -0.25) is 14.7 Å². The summed E-state index contributed by atoms with van der Waals surface area (Å²) < 4.78 is 14.0. The van der Waals surface area contributed by atoms with Crippen molar-refractivity contribution in [1.29, 1.82) is 0 Å². The number of hydrogen-bond donors (Lipinski definition) is 1. The average molecular weight is 276 g/mol. The highest BCUT2D eigenvalue weighted by Crippen LogP contribution is 2.21. The van der Waals surface area contributed by atoms with Gasteiger partial charge in [0.15, 0.2) is 0 Å². The van der Waals surface area contributed by atoms with Gasteiger partial charge in [-0.2, -0.15) is 0 Å². The van der Waals surface area contributed by atoms with Gasteiger partial charge >= 0.3 is 0 Å². The topological polar surface area (TPSA) is 79.0 Å². The van der Waals surface area contributed by atoms with Crippen LogP contribution in [0.3, 0.4) is 0 Å². The predicted molar refractivity (Wildman–Crippen MR) is 68.6 cm³/mol. The Morgan fingerprint density at radius 2 is 2.30 bits per heavy atom. The SMILES string of the molecule is C[C@@H]1CC(=O)CCN1C(=O)c1cc2nn[nH]c2cc1F. The first-order valence-electron chi connectivity index (χ1n) is 6.39. The van der Waals surface area contributed by atoms with E-state index in [1.54, 1.807) is 6.92 Å². The zero-order valence-electron chi connectivity index (χ0n) is 10.9. The highest BCUT2D eigenvalue weighted by Gasteiger charge is 2.29. The van der Waals surface area contributed by atoms with E-state index in [1.807, 2.05) is 0 Å². The van der Waals surface area contributed by atoms with Crippen LogP contribution in [0.2, 0.25) is 0 Å². The molecule has 0 unspecified atom stereocenters. The summed E-state index contributed by atoms with van der Waals surface area (Å²) in [5.41, 5.74) is 0.851. The Hall–Kier alpha value is -2.31. The van der Waals surface area contributed by atoms with Crippen LogP contribution in [0.15, 0.2) is 12.1 Å². The summed E-state index contributed by atoms with van der Waals surface area (Å²) in [5, 5.41) is 9.90. The number of H-pyrrole nitrogens is 1. The number of benzene rings is 1. The Morgan fingerprint density at radius 3 is 3.05 bits per heavy atom. The molecule has 0 bridgehead atoms. The molecular formula is C13H13FN4O2. The number of fused-ring (bicyclic) bond motifs is 1. The monoisotopic (exact) mass is 276 g/mol. The van der Waals surface area contributed by atoms with E-state index < -0.39 is 11.7 Å². The first-order chi connectivity index (χ1) is 9.56. The van der Waals surface area contributed by atoms with E-state index in [2.05, 4.69) is 15.4 Å². The lowest BCUT2D eigenvalue weighted by atomic mass is 10.0. The van der Waals surface area contributed by atoms with Crippen molar-refractivity contribution < 1.29 is 14.0 Å². The van der Waals surface area contributed by atoms with Gasteiger partial charge in [-0.1, -0.05) is 5.21 Å². The molecule has 1 fully saturated rings. The van der Waals surface area contributed by atoms with Crippen LogP contribution in [0.25, 0.3) is 11.0 Å². The number of hydrogen-bond acceptors (Lipinski definition) is 4. The van der Waals surface area contributed by atoms with Crippen molar-refractivity contribution in [3.05, 3.63) is 23.5 Å². The fourth-order valence-corrected chi connectivity index (χ4v) is 2.49. The number of carbonyl (C=O) groups is 2. The van der Waals surface area contributed by atoms with Gasteiger partial charge in [-0.15, -0.1) is 5.10 Å². The molecular weight excluding hydrogens is 263 g/mol. The minimum Gasteiger partial charge on any atom is -0.335 e. The molecule has 7 heteroatoms. The predicted octanol–water partition coefficient (Wildman–Crippen LogP) is 1.29. The maximum absolute atomic E-state index is 14.0. The molecule has 1 aromatic carbocycles. The second-order valence-corrected chi connectivity index (χ2v) is 5.00. The number of ketones is 1. The summed E-state index contributed by atoms with van der Waals surface area (Å²) in [7, 11) is 0. The fourth-order valence-electron chi connectivity index (χ4n) is 2.49. The molecule has 1 aliphatic rings. The molecule has 2 aromatic rings. The Kier molecular flexibility index (Phi) is 2.96. The zero-order chi connectivity index (χ0) is 14.3. The molecule has 3 rings (SSSR count). The second-order valence-electron chi connectivity index (χ2n) is 5.00. The molecule has 1 saturated heterocycles. The lowest BCUT2D eigenvalue weighted by Gasteiger charge is -2.32. The molecule has 1 aromatic heterocycles. The van der Waals surface area contributed by atoms with E-state index >= 15 is 0 Å². The number of Topliss-reactive ketones (excluding diaryl/α,β-unsaturated/α-hetero) is 1. The van der Waals surface area contributed by atoms with E-state index in [0.29, 0.717) is 30.4 Å². The molecule has 0 spiro atoms. The number of nitrogens with one attached hydrogen (secondary N) is 1. The van der Waals surface area contributed by atoms with Crippen molar-refractivity contribution in [2.45, 2.75) is 25.8 Å². The quantitative estimate of drug-likeness (QED) is 0.851. The van der Waals surface area contributed by atoms with Gasteiger partial charge in [-0.05, 0) is 13.0 Å². The molecule has 0 radical (unpaired) electrons. The number of nitrogens with zero attached hydrogens (tertiary/aromatic N) is 3. The smallest absolute Gasteiger partial charge is 0.257 e. The van der Waals surface area contributed by atoms with Gasteiger partial charge in [0.25, 0.3) is 5.91 Å². The first kappa shape index (κ1) is 12.7. The zero-order valence-corrected chi connectivity index (χ0v) is 10.9. The number of piperidine rings is 1. The number of aromatic nitrogens is 3. The third-order valence-corrected chi connectivity index (χ3v) is 3.59. The molecule has 0 saturated carbocycles. The third kappa shape index (κ3) is 2.04. The lowest BCUT2D eigenvalue weighted by molar-refractivity contribution is -0.122. The largest absolute Gasteiger partial charge is 0.335 e. The van der Waals surface area contributed by atoms with Crippen LogP contribution in [-0.4, -0.2) is 44.6 Å². The van der Waals surface area contributed by atoms with Gasteiger partial charge in [-0.25, -0.2) is 4.39 Å². The van der Waals surface area contributed by atoms with E-state index in [-0.39, 0.29) is 17.4 Å². The van der Waals surface area contributed by atoms with Crippen LogP contribution in [0.5, 0.6) is 0 Å². The second kappa shape index (κ2) is 4.66. The van der Waals surface area contributed by atoms with Crippen LogP contribution < -0.4 is 0 Å². The van der Waals surface area contributed by atoms with Gasteiger partial charge < -0.3 is 4.90 Å². The number of aromatic amines is 1. The van der Waals surface area contributed by atoms with Crippen molar-refractivity contribution in [3.8, 4) is 0 Å². The summed E-state index contributed by atoms with van der Waals surface area (Å²) >= 11 is 0. The standard InChI is InChI=1S/C13H13FN4O2/c1-7-4-8(19)2-3-18(7)13(20)9-5-11-12(6-10(9)14)16-17-15-11/h5-7H,2-4H2,1H3,(H,15,16,17)/t7-/m1/s1. The lowest BCUT2D eigenvalue weighted by Crippen LogP contribution is -2.45. The molecule has 0 aliphatic carbocycles. The van der Waals surface area contributed by atoms with Crippen LogP contribution in [0.1, 0.15) is 30.1 Å². The minimum absolute atomic E-state index is 0.0346. The fraction of sp³-hybridized carbons (Fsp3) is 0.385. The molecule has 1 atom stereocenters. The molecule has 2 heterocycles. The average Bonchev–Trinajstić information content (AvgIpc) is 2.84. The van der Waals surface area contributed by atoms with E-state index in [0.717, 1.165) is 0 Å². The molecule has 1 amide bonds. The molecule has 20 heavy (non-hydrogen) atoms.